The number of methoxy groups -OCH3 is 1. The van der Waals surface area contributed by atoms with Crippen LogP contribution in [0, 0.1) is 0 Å². The normalized spacial score (nSPS) is 12.7. The summed E-state index contributed by atoms with van der Waals surface area (Å²) in [6.45, 7) is 3.68. The number of rotatable bonds is 5. The Morgan fingerprint density at radius 3 is 2.72 bits per heavy atom. The molecular weight excluding hydrogens is 322 g/mol. The van der Waals surface area contributed by atoms with Crippen LogP contribution in [0.4, 0.5) is 5.82 Å². The number of nitrogens with one attached hydrogen (secondary N) is 1. The van der Waals surface area contributed by atoms with Gasteiger partial charge < -0.3 is 10.5 Å². The molecule has 0 aromatic carbocycles. The van der Waals surface area contributed by atoms with Crippen molar-refractivity contribution < 1.29 is 13.2 Å². The predicted molar refractivity (Wildman–Crippen MR) is 72.6 cm³/mol. The molecule has 0 fully saturated rings. The van der Waals surface area contributed by atoms with Crippen molar-refractivity contribution in [2.75, 3.05) is 19.5 Å². The number of pyridine rings is 1. The monoisotopic (exact) mass is 337 g/mol. The topological polar surface area (TPSA) is 94.3 Å². The highest BCUT2D eigenvalue weighted by Gasteiger charge is 2.28. The van der Waals surface area contributed by atoms with Crippen LogP contribution in [-0.2, 0) is 14.8 Å². The van der Waals surface area contributed by atoms with Gasteiger partial charge in [0.1, 0.15) is 10.7 Å². The molecular formula is C10H16BrN3O3S. The molecule has 102 valence electrons. The van der Waals surface area contributed by atoms with Crippen LogP contribution in [0.15, 0.2) is 21.6 Å². The molecule has 0 unspecified atom stereocenters. The molecule has 0 aliphatic carbocycles. The number of nitrogens with two attached hydrogens (primary N) is 1. The number of ether oxygens (including phenoxy) is 1. The van der Waals surface area contributed by atoms with Crippen LogP contribution in [0.2, 0.25) is 0 Å². The van der Waals surface area contributed by atoms with E-state index in [2.05, 4.69) is 25.6 Å². The zero-order chi connectivity index (χ0) is 14.0. The second kappa shape index (κ2) is 5.52. The van der Waals surface area contributed by atoms with E-state index in [1.807, 2.05) is 0 Å². The van der Waals surface area contributed by atoms with E-state index in [0.717, 1.165) is 0 Å². The fourth-order valence-corrected chi connectivity index (χ4v) is 3.44. The van der Waals surface area contributed by atoms with E-state index in [1.165, 1.54) is 19.4 Å². The molecule has 3 N–H and O–H groups in total. The highest BCUT2D eigenvalue weighted by atomic mass is 79.9. The van der Waals surface area contributed by atoms with Crippen molar-refractivity contribution in [3.8, 4) is 0 Å². The lowest BCUT2D eigenvalue weighted by Crippen LogP contribution is -2.46. The number of nitrogen functional groups attached to an aromatic ring is 1. The third-order valence-corrected chi connectivity index (χ3v) is 4.21. The average molecular weight is 338 g/mol. The second-order valence-corrected chi connectivity index (χ2v) is 7.03. The molecule has 6 nitrogen and oxygen atoms in total. The molecule has 0 amide bonds. The molecule has 0 bridgehead atoms. The summed E-state index contributed by atoms with van der Waals surface area (Å²) < 4.78 is 32.4. The van der Waals surface area contributed by atoms with Gasteiger partial charge in [-0.25, -0.2) is 18.1 Å². The van der Waals surface area contributed by atoms with E-state index in [1.54, 1.807) is 13.8 Å². The highest BCUT2D eigenvalue weighted by Crippen LogP contribution is 2.21. The summed E-state index contributed by atoms with van der Waals surface area (Å²) in [5.74, 6) is -0.0427. The molecule has 1 heterocycles. The van der Waals surface area contributed by atoms with Crippen LogP contribution in [0.25, 0.3) is 0 Å². The maximum absolute atomic E-state index is 12.2. The minimum atomic E-state index is -3.74. The van der Waals surface area contributed by atoms with Crippen LogP contribution in [0.3, 0.4) is 0 Å². The van der Waals surface area contributed by atoms with E-state index in [9.17, 15) is 8.42 Å². The maximum atomic E-state index is 12.2. The molecule has 0 aliphatic rings. The predicted octanol–water partition coefficient (Wildman–Crippen LogP) is 1.13. The molecule has 1 aromatic rings. The molecule has 8 heteroatoms. The number of halogens is 1. The van der Waals surface area contributed by atoms with Crippen LogP contribution >= 0.6 is 15.9 Å². The van der Waals surface area contributed by atoms with Gasteiger partial charge in [-0.1, -0.05) is 0 Å². The Bertz CT molecular complexity index is 531. The molecule has 0 radical (unpaired) electrons. The largest absolute Gasteiger partial charge is 0.383 e. The Kier molecular flexibility index (Phi) is 4.71. The number of aromatic nitrogens is 1. The summed E-state index contributed by atoms with van der Waals surface area (Å²) in [4.78, 5) is 3.75. The standard InChI is InChI=1S/C10H16BrN3O3S/c1-10(2,6-17-3)14-18(15,16)8-4-7(11)5-13-9(8)12/h4-5,14H,6H2,1-3H3,(H2,12,13). The Hall–Kier alpha value is -0.700. The summed E-state index contributed by atoms with van der Waals surface area (Å²) in [5, 5.41) is 0. The Labute approximate surface area is 115 Å². The quantitative estimate of drug-likeness (QED) is 0.839. The smallest absolute Gasteiger partial charge is 0.244 e. The van der Waals surface area contributed by atoms with Gasteiger partial charge in [-0.2, -0.15) is 0 Å². The Morgan fingerprint density at radius 2 is 2.17 bits per heavy atom. The first-order valence-electron chi connectivity index (χ1n) is 5.12. The first kappa shape index (κ1) is 15.4. The summed E-state index contributed by atoms with van der Waals surface area (Å²) in [6, 6.07) is 1.41. The van der Waals surface area contributed by atoms with Crippen LogP contribution in [0.1, 0.15) is 13.8 Å². The molecule has 1 rings (SSSR count). The minimum absolute atomic E-state index is 0.0427. The molecule has 1 aromatic heterocycles. The molecule has 0 saturated carbocycles. The molecule has 0 saturated heterocycles. The van der Waals surface area contributed by atoms with Crippen LogP contribution in [-0.4, -0.2) is 32.7 Å². The summed E-state index contributed by atoms with van der Waals surface area (Å²) in [5.41, 5.74) is 4.85. The van der Waals surface area contributed by atoms with Crippen molar-refractivity contribution in [3.05, 3.63) is 16.7 Å². The Balaban J connectivity index is 3.11. The SMILES string of the molecule is COCC(C)(C)NS(=O)(=O)c1cc(Br)cnc1N. The van der Waals surface area contributed by atoms with Gasteiger partial charge in [-0.15, -0.1) is 0 Å². The third kappa shape index (κ3) is 3.91. The zero-order valence-electron chi connectivity index (χ0n) is 10.4. The lowest BCUT2D eigenvalue weighted by molar-refractivity contribution is 0.141. The van der Waals surface area contributed by atoms with Gasteiger partial charge in [0.2, 0.25) is 10.0 Å². The van der Waals surface area contributed by atoms with Crippen LogP contribution < -0.4 is 10.5 Å². The highest BCUT2D eigenvalue weighted by molar-refractivity contribution is 9.10. The van der Waals surface area contributed by atoms with Gasteiger partial charge >= 0.3 is 0 Å². The van der Waals surface area contributed by atoms with E-state index in [4.69, 9.17) is 10.5 Å². The van der Waals surface area contributed by atoms with Crippen molar-refractivity contribution in [1.29, 1.82) is 0 Å². The van der Waals surface area contributed by atoms with E-state index >= 15 is 0 Å². The Morgan fingerprint density at radius 1 is 1.56 bits per heavy atom. The van der Waals surface area contributed by atoms with Crippen molar-refractivity contribution in [2.24, 2.45) is 0 Å². The van der Waals surface area contributed by atoms with Gasteiger partial charge in [-0.05, 0) is 35.8 Å². The molecule has 0 aliphatic heterocycles. The fraction of sp³-hybridized carbons (Fsp3) is 0.500. The van der Waals surface area contributed by atoms with Crippen molar-refractivity contribution >= 4 is 31.8 Å². The lowest BCUT2D eigenvalue weighted by Gasteiger charge is -2.25. The van der Waals surface area contributed by atoms with Gasteiger partial charge in [0, 0.05) is 17.8 Å². The molecule has 0 spiro atoms. The summed E-state index contributed by atoms with van der Waals surface area (Å²) in [6.07, 6.45) is 1.44. The van der Waals surface area contributed by atoms with Gasteiger partial charge in [0.25, 0.3) is 0 Å². The van der Waals surface area contributed by atoms with E-state index < -0.39 is 15.6 Å². The van der Waals surface area contributed by atoms with E-state index in [-0.39, 0.29) is 17.3 Å². The van der Waals surface area contributed by atoms with Crippen molar-refractivity contribution in [2.45, 2.75) is 24.3 Å². The average Bonchev–Trinajstić information content (AvgIpc) is 2.19. The fourth-order valence-electron chi connectivity index (χ4n) is 1.46. The van der Waals surface area contributed by atoms with Crippen molar-refractivity contribution in [3.63, 3.8) is 0 Å². The van der Waals surface area contributed by atoms with Crippen molar-refractivity contribution in [1.82, 2.24) is 9.71 Å². The number of anilines is 1. The van der Waals surface area contributed by atoms with Gasteiger partial charge in [0.05, 0.1) is 12.1 Å². The summed E-state index contributed by atoms with van der Waals surface area (Å²) in [7, 11) is -2.24. The third-order valence-electron chi connectivity index (χ3n) is 2.05. The maximum Gasteiger partial charge on any atom is 0.244 e. The number of sulfonamides is 1. The molecule has 0 atom stereocenters. The second-order valence-electron chi connectivity index (χ2n) is 4.46. The van der Waals surface area contributed by atoms with Gasteiger partial charge in [0.15, 0.2) is 0 Å². The van der Waals surface area contributed by atoms with Gasteiger partial charge in [-0.3, -0.25) is 0 Å². The summed E-state index contributed by atoms with van der Waals surface area (Å²) >= 11 is 3.16. The molecule has 18 heavy (non-hydrogen) atoms. The van der Waals surface area contributed by atoms with Crippen LogP contribution in [0.5, 0.6) is 0 Å². The first-order chi connectivity index (χ1) is 8.18. The minimum Gasteiger partial charge on any atom is -0.383 e. The number of nitrogens with zero attached hydrogens (tertiary/aromatic N) is 1. The first-order valence-corrected chi connectivity index (χ1v) is 7.39. The van der Waals surface area contributed by atoms with E-state index in [0.29, 0.717) is 4.47 Å². The zero-order valence-corrected chi connectivity index (χ0v) is 12.8. The number of hydrogen-bond acceptors (Lipinski definition) is 5. The number of hydrogen-bond donors (Lipinski definition) is 2. The lowest BCUT2D eigenvalue weighted by atomic mass is 10.1.